The lowest BCUT2D eigenvalue weighted by Crippen LogP contribution is -2.21. The Morgan fingerprint density at radius 2 is 1.84 bits per heavy atom. The Morgan fingerprint density at radius 3 is 2.61 bits per heavy atom. The molecule has 0 fully saturated rings. The van der Waals surface area contributed by atoms with Gasteiger partial charge in [0.05, 0.1) is 5.39 Å². The van der Waals surface area contributed by atoms with E-state index in [2.05, 4.69) is 10.3 Å². The van der Waals surface area contributed by atoms with Crippen LogP contribution < -0.4 is 20.2 Å². The third-order valence-corrected chi connectivity index (χ3v) is 4.59. The average Bonchev–Trinajstić information content (AvgIpc) is 2.77. The fourth-order valence-electron chi connectivity index (χ4n) is 3.02. The summed E-state index contributed by atoms with van der Waals surface area (Å²) in [4.78, 5) is 29.2. The number of anilines is 1. The minimum absolute atomic E-state index is 0.137. The first-order valence-corrected chi connectivity index (χ1v) is 9.66. The lowest BCUT2D eigenvalue weighted by Gasteiger charge is -2.11. The monoisotopic (exact) mass is 416 g/mol. The van der Waals surface area contributed by atoms with E-state index in [0.717, 1.165) is 5.56 Å². The number of hydrogen-bond donors (Lipinski definition) is 1. The van der Waals surface area contributed by atoms with Gasteiger partial charge in [0.2, 0.25) is 11.2 Å². The minimum Gasteiger partial charge on any atom is -0.484 e. The zero-order valence-corrected chi connectivity index (χ0v) is 17.0. The fourth-order valence-corrected chi connectivity index (χ4v) is 3.02. The largest absolute Gasteiger partial charge is 0.484 e. The Balaban J connectivity index is 1.50. The number of nitrogens with zero attached hydrogens (tertiary/aromatic N) is 1. The quantitative estimate of drug-likeness (QED) is 0.493. The molecule has 0 atom stereocenters. The number of pyridine rings is 1. The number of nitrogens with one attached hydrogen (secondary N) is 1. The van der Waals surface area contributed by atoms with Crippen molar-refractivity contribution < 1.29 is 18.7 Å². The van der Waals surface area contributed by atoms with Gasteiger partial charge in [0.15, 0.2) is 6.61 Å². The van der Waals surface area contributed by atoms with Gasteiger partial charge in [0, 0.05) is 12.3 Å². The van der Waals surface area contributed by atoms with E-state index < -0.39 is 0 Å². The molecule has 2 heterocycles. The third-order valence-electron chi connectivity index (χ3n) is 4.59. The highest BCUT2D eigenvalue weighted by Gasteiger charge is 2.15. The Kier molecular flexibility index (Phi) is 5.66. The van der Waals surface area contributed by atoms with Crippen LogP contribution in [0, 0.1) is 13.8 Å². The SMILES string of the molecule is Cc1cccnc1NC(=O)COc1ccc2c(=O)c(Oc3ccccc3)c(C)oc2c1. The molecule has 7 heteroatoms. The molecule has 4 aromatic rings. The number of para-hydroxylation sites is 1. The normalized spacial score (nSPS) is 10.6. The predicted molar refractivity (Wildman–Crippen MR) is 117 cm³/mol. The zero-order valence-electron chi connectivity index (χ0n) is 17.0. The van der Waals surface area contributed by atoms with Crippen LogP contribution in [0.25, 0.3) is 11.0 Å². The molecule has 0 aliphatic heterocycles. The topological polar surface area (TPSA) is 90.7 Å². The molecule has 0 unspecified atom stereocenters. The van der Waals surface area contributed by atoms with Crippen LogP contribution in [-0.2, 0) is 4.79 Å². The molecule has 0 spiro atoms. The zero-order chi connectivity index (χ0) is 21.8. The summed E-state index contributed by atoms with van der Waals surface area (Å²) in [5, 5.41) is 3.06. The number of amides is 1. The van der Waals surface area contributed by atoms with Gasteiger partial charge in [-0.25, -0.2) is 4.98 Å². The Morgan fingerprint density at radius 1 is 1.03 bits per heavy atom. The van der Waals surface area contributed by atoms with E-state index in [1.807, 2.05) is 31.2 Å². The molecule has 2 aromatic heterocycles. The fraction of sp³-hybridized carbons (Fsp3) is 0.125. The summed E-state index contributed by atoms with van der Waals surface area (Å²) in [6.07, 6.45) is 1.60. The van der Waals surface area contributed by atoms with Crippen LogP contribution in [0.5, 0.6) is 17.2 Å². The van der Waals surface area contributed by atoms with E-state index in [9.17, 15) is 9.59 Å². The van der Waals surface area contributed by atoms with Gasteiger partial charge in [-0.3, -0.25) is 9.59 Å². The van der Waals surface area contributed by atoms with Gasteiger partial charge in [-0.1, -0.05) is 24.3 Å². The molecule has 7 nitrogen and oxygen atoms in total. The number of hydrogen-bond acceptors (Lipinski definition) is 6. The summed E-state index contributed by atoms with van der Waals surface area (Å²) in [5.74, 6) is 1.58. The second-order valence-electron chi connectivity index (χ2n) is 6.90. The first-order chi connectivity index (χ1) is 15.0. The van der Waals surface area contributed by atoms with Crippen LogP contribution in [0.15, 0.2) is 76.1 Å². The maximum absolute atomic E-state index is 12.9. The van der Waals surface area contributed by atoms with Crippen molar-refractivity contribution in [2.45, 2.75) is 13.8 Å². The summed E-state index contributed by atoms with van der Waals surface area (Å²) in [7, 11) is 0. The van der Waals surface area contributed by atoms with Crippen LogP contribution in [-0.4, -0.2) is 17.5 Å². The molecular weight excluding hydrogens is 396 g/mol. The molecule has 0 saturated heterocycles. The molecule has 1 amide bonds. The van der Waals surface area contributed by atoms with Gasteiger partial charge < -0.3 is 19.2 Å². The molecule has 0 bridgehead atoms. The van der Waals surface area contributed by atoms with Crippen LogP contribution >= 0.6 is 0 Å². The number of carbonyl (C=O) groups is 1. The van der Waals surface area contributed by atoms with Crippen molar-refractivity contribution in [1.82, 2.24) is 4.98 Å². The molecule has 0 aliphatic carbocycles. The van der Waals surface area contributed by atoms with Crippen molar-refractivity contribution in [3.05, 3.63) is 88.4 Å². The van der Waals surface area contributed by atoms with Crippen molar-refractivity contribution in [3.8, 4) is 17.2 Å². The number of benzene rings is 2. The Labute approximate surface area is 178 Å². The minimum atomic E-state index is -0.342. The molecule has 1 N–H and O–H groups in total. The highest BCUT2D eigenvalue weighted by Crippen LogP contribution is 2.27. The van der Waals surface area contributed by atoms with E-state index >= 15 is 0 Å². The van der Waals surface area contributed by atoms with Crippen molar-refractivity contribution in [3.63, 3.8) is 0 Å². The molecule has 0 radical (unpaired) electrons. The van der Waals surface area contributed by atoms with Gasteiger partial charge in [-0.15, -0.1) is 0 Å². The van der Waals surface area contributed by atoms with E-state index in [0.29, 0.717) is 34.0 Å². The van der Waals surface area contributed by atoms with Crippen LogP contribution in [0.4, 0.5) is 5.82 Å². The first kappa shape index (κ1) is 20.2. The van der Waals surface area contributed by atoms with E-state index in [4.69, 9.17) is 13.9 Å². The maximum Gasteiger partial charge on any atom is 0.263 e. The highest BCUT2D eigenvalue weighted by molar-refractivity contribution is 5.91. The van der Waals surface area contributed by atoms with Crippen molar-refractivity contribution in [2.75, 3.05) is 11.9 Å². The maximum atomic E-state index is 12.9. The van der Waals surface area contributed by atoms with Crippen molar-refractivity contribution >= 4 is 22.7 Å². The lowest BCUT2D eigenvalue weighted by atomic mass is 10.2. The van der Waals surface area contributed by atoms with Crippen LogP contribution in [0.2, 0.25) is 0 Å². The average molecular weight is 416 g/mol. The standard InChI is InChI=1S/C24H20N2O5/c1-15-7-6-12-25-24(15)26-21(27)14-29-18-10-11-19-20(13-18)30-16(2)23(22(19)28)31-17-8-4-3-5-9-17/h3-13H,14H2,1-2H3,(H,25,26,27). The summed E-state index contributed by atoms with van der Waals surface area (Å²) in [6.45, 7) is 3.31. The number of rotatable bonds is 6. The summed E-state index contributed by atoms with van der Waals surface area (Å²) < 4.78 is 17.1. The number of ether oxygens (including phenoxy) is 2. The van der Waals surface area contributed by atoms with E-state index in [1.54, 1.807) is 49.5 Å². The van der Waals surface area contributed by atoms with Crippen LogP contribution in [0.1, 0.15) is 11.3 Å². The molecule has 0 saturated carbocycles. The van der Waals surface area contributed by atoms with E-state index in [-0.39, 0.29) is 23.7 Å². The second-order valence-corrected chi connectivity index (χ2v) is 6.90. The molecule has 4 rings (SSSR count). The van der Waals surface area contributed by atoms with E-state index in [1.165, 1.54) is 0 Å². The van der Waals surface area contributed by atoms with Gasteiger partial charge in [-0.05, 0) is 49.7 Å². The highest BCUT2D eigenvalue weighted by atomic mass is 16.5. The second kappa shape index (κ2) is 8.71. The molecule has 31 heavy (non-hydrogen) atoms. The summed E-state index contributed by atoms with van der Waals surface area (Å²) >= 11 is 0. The first-order valence-electron chi connectivity index (χ1n) is 9.66. The Bertz CT molecular complexity index is 1300. The van der Waals surface area contributed by atoms with Gasteiger partial charge in [0.25, 0.3) is 5.91 Å². The van der Waals surface area contributed by atoms with Crippen molar-refractivity contribution in [2.24, 2.45) is 0 Å². The number of fused-ring (bicyclic) bond motifs is 1. The third kappa shape index (κ3) is 4.56. The molecular formula is C24H20N2O5. The summed E-state index contributed by atoms with van der Waals surface area (Å²) in [5.41, 5.74) is 0.922. The molecule has 0 aliphatic rings. The smallest absolute Gasteiger partial charge is 0.263 e. The van der Waals surface area contributed by atoms with Crippen LogP contribution in [0.3, 0.4) is 0 Å². The number of aryl methyl sites for hydroxylation is 2. The van der Waals surface area contributed by atoms with Gasteiger partial charge >= 0.3 is 0 Å². The number of aromatic nitrogens is 1. The summed E-state index contributed by atoms with van der Waals surface area (Å²) in [6, 6.07) is 17.5. The van der Waals surface area contributed by atoms with Crippen molar-refractivity contribution in [1.29, 1.82) is 0 Å². The lowest BCUT2D eigenvalue weighted by molar-refractivity contribution is -0.118. The Hall–Kier alpha value is -4.13. The van der Waals surface area contributed by atoms with Gasteiger partial charge in [-0.2, -0.15) is 0 Å². The van der Waals surface area contributed by atoms with Gasteiger partial charge in [0.1, 0.15) is 28.7 Å². The molecule has 156 valence electrons. The molecule has 2 aromatic carbocycles. The predicted octanol–water partition coefficient (Wildman–Crippen LogP) is 4.61. The number of carbonyl (C=O) groups excluding carboxylic acids is 1.